The van der Waals surface area contributed by atoms with Gasteiger partial charge < -0.3 is 11.1 Å². The van der Waals surface area contributed by atoms with Crippen LogP contribution in [0.5, 0.6) is 0 Å². The summed E-state index contributed by atoms with van der Waals surface area (Å²) in [5, 5.41) is 12.6. The predicted octanol–water partition coefficient (Wildman–Crippen LogP) is 2.25. The first-order valence-corrected chi connectivity index (χ1v) is 8.83. The zero-order valence-electron chi connectivity index (χ0n) is 12.6. The third kappa shape index (κ3) is 4.56. The molecule has 0 atom stereocenters. The van der Waals surface area contributed by atoms with E-state index in [0.717, 1.165) is 11.8 Å². The van der Waals surface area contributed by atoms with Gasteiger partial charge in [0.2, 0.25) is 11.9 Å². The number of nitrogens with two attached hydrogens (primary N) is 1. The molecule has 24 heavy (non-hydrogen) atoms. The standard InChI is InChI=1S/C14H13FN6OS2/c1-23-12-9(6-16)13(21-14(17)20-12)24-7-11(22)19-10-4-8(5-15)2-3-18-10/h2-4H,5,7H2,1H3,(H2,17,20,21)(H,18,19,22). The summed E-state index contributed by atoms with van der Waals surface area (Å²) < 4.78 is 12.6. The van der Waals surface area contributed by atoms with Gasteiger partial charge in [-0.15, -0.1) is 11.8 Å². The van der Waals surface area contributed by atoms with Gasteiger partial charge in [0.25, 0.3) is 0 Å². The number of rotatable bonds is 6. The molecule has 2 rings (SSSR count). The molecule has 0 aliphatic carbocycles. The number of nitrogen functional groups attached to an aromatic ring is 1. The molecule has 1 amide bonds. The van der Waals surface area contributed by atoms with Gasteiger partial charge in [-0.1, -0.05) is 11.8 Å². The lowest BCUT2D eigenvalue weighted by molar-refractivity contribution is -0.113. The number of thioether (sulfide) groups is 2. The number of amides is 1. The molecule has 10 heteroatoms. The van der Waals surface area contributed by atoms with Crippen LogP contribution < -0.4 is 11.1 Å². The smallest absolute Gasteiger partial charge is 0.235 e. The molecular weight excluding hydrogens is 351 g/mol. The highest BCUT2D eigenvalue weighted by Crippen LogP contribution is 2.27. The van der Waals surface area contributed by atoms with E-state index in [1.807, 2.05) is 6.07 Å². The number of nitriles is 1. The summed E-state index contributed by atoms with van der Waals surface area (Å²) >= 11 is 2.35. The molecule has 0 radical (unpaired) electrons. The molecule has 3 N–H and O–H groups in total. The average molecular weight is 364 g/mol. The second-order valence-corrected chi connectivity index (χ2v) is 6.16. The second kappa shape index (κ2) is 8.47. The molecule has 124 valence electrons. The fraction of sp³-hybridized carbons (Fsp3) is 0.214. The van der Waals surface area contributed by atoms with Gasteiger partial charge in [0.15, 0.2) is 0 Å². The minimum Gasteiger partial charge on any atom is -0.368 e. The molecule has 2 aromatic rings. The summed E-state index contributed by atoms with van der Waals surface area (Å²) in [6.45, 7) is -0.636. The Morgan fingerprint density at radius 2 is 2.21 bits per heavy atom. The quantitative estimate of drug-likeness (QED) is 0.592. The van der Waals surface area contributed by atoms with Gasteiger partial charge in [0.05, 0.1) is 5.75 Å². The third-order valence-electron chi connectivity index (χ3n) is 2.75. The van der Waals surface area contributed by atoms with E-state index in [-0.39, 0.29) is 29.0 Å². The first kappa shape index (κ1) is 18.0. The maximum atomic E-state index is 12.6. The first-order valence-electron chi connectivity index (χ1n) is 6.62. The largest absolute Gasteiger partial charge is 0.368 e. The molecule has 0 aliphatic heterocycles. The van der Waals surface area contributed by atoms with E-state index < -0.39 is 6.67 Å². The van der Waals surface area contributed by atoms with Crippen molar-refractivity contribution >= 4 is 41.2 Å². The van der Waals surface area contributed by atoms with Crippen LogP contribution in [0.25, 0.3) is 0 Å². The van der Waals surface area contributed by atoms with Gasteiger partial charge in [0, 0.05) is 6.20 Å². The fourth-order valence-corrected chi connectivity index (χ4v) is 3.10. The molecule has 2 heterocycles. The lowest BCUT2D eigenvalue weighted by Gasteiger charge is -2.08. The average Bonchev–Trinajstić information content (AvgIpc) is 2.59. The first-order chi connectivity index (χ1) is 11.6. The van der Waals surface area contributed by atoms with Crippen LogP contribution in [0.3, 0.4) is 0 Å². The molecule has 0 spiro atoms. The van der Waals surface area contributed by atoms with Gasteiger partial charge in [-0.05, 0) is 24.0 Å². The van der Waals surface area contributed by atoms with E-state index in [4.69, 9.17) is 5.73 Å². The van der Waals surface area contributed by atoms with Crippen molar-refractivity contribution in [3.8, 4) is 6.07 Å². The number of halogens is 1. The summed E-state index contributed by atoms with van der Waals surface area (Å²) in [5.41, 5.74) is 6.32. The van der Waals surface area contributed by atoms with Crippen molar-refractivity contribution in [1.29, 1.82) is 5.26 Å². The van der Waals surface area contributed by atoms with Crippen molar-refractivity contribution in [2.24, 2.45) is 0 Å². The third-order valence-corrected chi connectivity index (χ3v) is 4.41. The number of hydrogen-bond donors (Lipinski definition) is 2. The van der Waals surface area contributed by atoms with Crippen molar-refractivity contribution in [2.45, 2.75) is 16.7 Å². The van der Waals surface area contributed by atoms with Crippen LogP contribution in [-0.4, -0.2) is 32.9 Å². The van der Waals surface area contributed by atoms with E-state index in [2.05, 4.69) is 20.3 Å². The molecular formula is C14H13FN6OS2. The minimum absolute atomic E-state index is 0.000483. The summed E-state index contributed by atoms with van der Waals surface area (Å²) in [6.07, 6.45) is 3.19. The normalized spacial score (nSPS) is 10.2. The zero-order valence-corrected chi connectivity index (χ0v) is 14.2. The summed E-state index contributed by atoms with van der Waals surface area (Å²) in [7, 11) is 0. The summed E-state index contributed by atoms with van der Waals surface area (Å²) in [5.74, 6) is -0.0439. The van der Waals surface area contributed by atoms with Gasteiger partial charge in [0.1, 0.15) is 34.2 Å². The molecule has 7 nitrogen and oxygen atoms in total. The van der Waals surface area contributed by atoms with Crippen LogP contribution in [0.15, 0.2) is 28.4 Å². The van der Waals surface area contributed by atoms with Crippen LogP contribution >= 0.6 is 23.5 Å². The summed E-state index contributed by atoms with van der Waals surface area (Å²) in [4.78, 5) is 23.9. The number of nitrogens with one attached hydrogen (secondary N) is 1. The van der Waals surface area contributed by atoms with Gasteiger partial charge in [-0.2, -0.15) is 5.26 Å². The number of nitrogens with zero attached hydrogens (tertiary/aromatic N) is 4. The zero-order chi connectivity index (χ0) is 17.5. The summed E-state index contributed by atoms with van der Waals surface area (Å²) in [6, 6.07) is 5.00. The lowest BCUT2D eigenvalue weighted by Crippen LogP contribution is -2.15. The maximum absolute atomic E-state index is 12.6. The number of pyridine rings is 1. The fourth-order valence-electron chi connectivity index (χ4n) is 1.72. The molecule has 0 aromatic carbocycles. The Bertz CT molecular complexity index is 795. The Morgan fingerprint density at radius 3 is 2.88 bits per heavy atom. The molecule has 0 saturated heterocycles. The molecule has 0 aliphatic rings. The molecule has 0 unspecified atom stereocenters. The Balaban J connectivity index is 2.06. The molecule has 2 aromatic heterocycles. The Kier molecular flexibility index (Phi) is 6.34. The number of hydrogen-bond acceptors (Lipinski definition) is 8. The maximum Gasteiger partial charge on any atom is 0.235 e. The minimum atomic E-state index is -0.636. The van der Waals surface area contributed by atoms with Crippen LogP contribution in [0.2, 0.25) is 0 Å². The Hall–Kier alpha value is -2.38. The van der Waals surface area contributed by atoms with E-state index in [0.29, 0.717) is 15.6 Å². The SMILES string of the molecule is CSc1nc(N)nc(SCC(=O)Nc2cc(CF)ccn2)c1C#N. The van der Waals surface area contributed by atoms with Crippen LogP contribution in [0, 0.1) is 11.3 Å². The Morgan fingerprint density at radius 1 is 1.46 bits per heavy atom. The number of carbonyl (C=O) groups excluding carboxylic acids is 1. The second-order valence-electron chi connectivity index (χ2n) is 4.40. The lowest BCUT2D eigenvalue weighted by atomic mass is 10.3. The molecule has 0 bridgehead atoms. The van der Waals surface area contributed by atoms with Crippen LogP contribution in [-0.2, 0) is 11.5 Å². The highest BCUT2D eigenvalue weighted by molar-refractivity contribution is 8.00. The number of carbonyl (C=O) groups is 1. The highest BCUT2D eigenvalue weighted by atomic mass is 32.2. The predicted molar refractivity (Wildman–Crippen MR) is 91.3 cm³/mol. The van der Waals surface area contributed by atoms with Gasteiger partial charge in [-0.25, -0.2) is 19.3 Å². The molecule has 0 fully saturated rings. The van der Waals surface area contributed by atoms with Crippen LogP contribution in [0.1, 0.15) is 11.1 Å². The van der Waals surface area contributed by atoms with Crippen molar-refractivity contribution in [1.82, 2.24) is 15.0 Å². The number of aromatic nitrogens is 3. The van der Waals surface area contributed by atoms with Crippen molar-refractivity contribution in [2.75, 3.05) is 23.1 Å². The van der Waals surface area contributed by atoms with E-state index in [1.165, 1.54) is 30.1 Å². The van der Waals surface area contributed by atoms with Crippen LogP contribution in [0.4, 0.5) is 16.2 Å². The van der Waals surface area contributed by atoms with Gasteiger partial charge >= 0.3 is 0 Å². The number of alkyl halides is 1. The van der Waals surface area contributed by atoms with Gasteiger partial charge in [-0.3, -0.25) is 4.79 Å². The van der Waals surface area contributed by atoms with E-state index >= 15 is 0 Å². The topological polar surface area (TPSA) is 118 Å². The van der Waals surface area contributed by atoms with Crippen molar-refractivity contribution in [3.63, 3.8) is 0 Å². The van der Waals surface area contributed by atoms with Crippen molar-refractivity contribution < 1.29 is 9.18 Å². The number of anilines is 2. The van der Waals surface area contributed by atoms with E-state index in [1.54, 1.807) is 6.26 Å². The monoisotopic (exact) mass is 364 g/mol. The van der Waals surface area contributed by atoms with Crippen molar-refractivity contribution in [3.05, 3.63) is 29.5 Å². The Labute approximate surface area is 146 Å². The van der Waals surface area contributed by atoms with E-state index in [9.17, 15) is 14.4 Å². The highest BCUT2D eigenvalue weighted by Gasteiger charge is 2.15. The molecule has 0 saturated carbocycles.